The van der Waals surface area contributed by atoms with Gasteiger partial charge < -0.3 is 14.2 Å². The van der Waals surface area contributed by atoms with Gasteiger partial charge in [-0.2, -0.15) is 5.10 Å². The molecule has 2 heterocycles. The van der Waals surface area contributed by atoms with Gasteiger partial charge in [0.15, 0.2) is 13.1 Å². The molecule has 1 aromatic carbocycles. The molecule has 0 amide bonds. The lowest BCUT2D eigenvalue weighted by Gasteiger charge is -2.15. The molecule has 0 spiro atoms. The molecular weight excluding hydrogens is 358 g/mol. The summed E-state index contributed by atoms with van der Waals surface area (Å²) in [4.78, 5) is 16.1. The zero-order valence-corrected chi connectivity index (χ0v) is 16.2. The molecule has 146 valence electrons. The van der Waals surface area contributed by atoms with Crippen molar-refractivity contribution in [3.63, 3.8) is 0 Å². The maximum absolute atomic E-state index is 11.6. The Hall–Kier alpha value is -3.19. The first-order valence-corrected chi connectivity index (χ1v) is 8.96. The van der Waals surface area contributed by atoms with Crippen molar-refractivity contribution in [2.24, 2.45) is 0 Å². The van der Waals surface area contributed by atoms with Gasteiger partial charge in [0.2, 0.25) is 0 Å². The number of benzene rings is 1. The molecule has 0 saturated carbocycles. The maximum Gasteiger partial charge on any atom is 0.188 e. The molecule has 3 aromatic rings. The normalized spacial score (nSPS) is 10.9. The van der Waals surface area contributed by atoms with Crippen LogP contribution in [0.25, 0.3) is 11.4 Å². The molecule has 0 radical (unpaired) electrons. The monoisotopic (exact) mass is 381 g/mol. The van der Waals surface area contributed by atoms with E-state index in [2.05, 4.69) is 23.9 Å². The van der Waals surface area contributed by atoms with E-state index in [1.807, 2.05) is 22.9 Å². The Morgan fingerprint density at radius 1 is 1.07 bits per heavy atom. The van der Waals surface area contributed by atoms with Gasteiger partial charge in [-0.25, -0.2) is 0 Å². The zero-order chi connectivity index (χ0) is 19.9. The Balaban J connectivity index is 1.87. The third-order valence-electron chi connectivity index (χ3n) is 4.15. The molecule has 0 bridgehead atoms. The van der Waals surface area contributed by atoms with E-state index < -0.39 is 0 Å². The Labute approximate surface area is 163 Å². The molecular formula is C21H23N3O4. The van der Waals surface area contributed by atoms with E-state index in [1.165, 1.54) is 7.11 Å². The van der Waals surface area contributed by atoms with Crippen LogP contribution in [0.15, 0.2) is 48.8 Å². The fourth-order valence-electron chi connectivity index (χ4n) is 2.87. The zero-order valence-electron chi connectivity index (χ0n) is 16.2. The number of hydrogen-bond acceptors (Lipinski definition) is 6. The van der Waals surface area contributed by atoms with E-state index in [1.54, 1.807) is 30.6 Å². The van der Waals surface area contributed by atoms with E-state index in [0.29, 0.717) is 17.1 Å². The number of carbonyl (C=O) groups is 1. The van der Waals surface area contributed by atoms with Crippen LogP contribution in [0.1, 0.15) is 35.8 Å². The summed E-state index contributed by atoms with van der Waals surface area (Å²) in [6.07, 6.45) is 4.22. The van der Waals surface area contributed by atoms with E-state index in [4.69, 9.17) is 14.2 Å². The number of aromatic nitrogens is 3. The second kappa shape index (κ2) is 9.14. The Morgan fingerprint density at radius 2 is 1.86 bits per heavy atom. The summed E-state index contributed by atoms with van der Waals surface area (Å²) in [5, 5.41) is 4.38. The van der Waals surface area contributed by atoms with Gasteiger partial charge in [0, 0.05) is 31.1 Å². The quantitative estimate of drug-likeness (QED) is 0.413. The van der Waals surface area contributed by atoms with Crippen LogP contribution in [0.5, 0.6) is 11.5 Å². The summed E-state index contributed by atoms with van der Waals surface area (Å²) in [6, 6.07) is 11.2. The molecule has 28 heavy (non-hydrogen) atoms. The van der Waals surface area contributed by atoms with Gasteiger partial charge >= 0.3 is 0 Å². The highest BCUT2D eigenvalue weighted by atomic mass is 16.7. The van der Waals surface area contributed by atoms with Crippen molar-refractivity contribution in [1.82, 2.24) is 14.8 Å². The molecule has 0 aliphatic rings. The first-order valence-electron chi connectivity index (χ1n) is 8.96. The molecule has 7 nitrogen and oxygen atoms in total. The van der Waals surface area contributed by atoms with Crippen molar-refractivity contribution in [2.75, 3.05) is 13.9 Å². The predicted octanol–water partition coefficient (Wildman–Crippen LogP) is 3.90. The predicted molar refractivity (Wildman–Crippen MR) is 105 cm³/mol. The third-order valence-corrected chi connectivity index (χ3v) is 4.15. The minimum Gasteiger partial charge on any atom is -0.488 e. The summed E-state index contributed by atoms with van der Waals surface area (Å²) in [5.41, 5.74) is 2.96. The van der Waals surface area contributed by atoms with Gasteiger partial charge in [-0.3, -0.25) is 14.5 Å². The molecule has 3 rings (SSSR count). The fraction of sp³-hybridized carbons (Fsp3) is 0.286. The molecule has 0 N–H and O–H groups in total. The highest BCUT2D eigenvalue weighted by Crippen LogP contribution is 2.29. The standard InChI is InChI=1S/C21H23N3O4/c1-15(2)24-18(9-11-23-24)21-16(6-5-10-22-21)13-27-19-7-4-8-20(17(19)12-25)28-14-26-3/h4-12,15H,13-14H2,1-3H3. The van der Waals surface area contributed by atoms with Crippen LogP contribution in [0, 0.1) is 0 Å². The molecule has 0 saturated heterocycles. The van der Waals surface area contributed by atoms with Gasteiger partial charge in [-0.05, 0) is 38.1 Å². The van der Waals surface area contributed by atoms with Gasteiger partial charge in [0.25, 0.3) is 0 Å². The lowest BCUT2D eigenvalue weighted by molar-refractivity contribution is 0.0503. The van der Waals surface area contributed by atoms with E-state index in [0.717, 1.165) is 23.2 Å². The average Bonchev–Trinajstić information content (AvgIpc) is 3.21. The third kappa shape index (κ3) is 4.20. The number of nitrogens with zero attached hydrogens (tertiary/aromatic N) is 3. The van der Waals surface area contributed by atoms with Crippen LogP contribution >= 0.6 is 0 Å². The molecule has 0 aliphatic heterocycles. The minimum atomic E-state index is 0.0518. The SMILES string of the molecule is COCOc1cccc(OCc2cccnc2-c2ccnn2C(C)C)c1C=O. The number of aldehydes is 1. The lowest BCUT2D eigenvalue weighted by atomic mass is 10.1. The summed E-state index contributed by atoms with van der Waals surface area (Å²) in [7, 11) is 1.52. The van der Waals surface area contributed by atoms with Crippen LogP contribution in [0.2, 0.25) is 0 Å². The second-order valence-electron chi connectivity index (χ2n) is 6.39. The Bertz CT molecular complexity index is 937. The molecule has 0 atom stereocenters. The summed E-state index contributed by atoms with van der Waals surface area (Å²) in [6.45, 7) is 4.44. The number of pyridine rings is 1. The van der Waals surface area contributed by atoms with Crippen molar-refractivity contribution in [3.8, 4) is 22.9 Å². The number of ether oxygens (including phenoxy) is 3. The summed E-state index contributed by atoms with van der Waals surface area (Å²) >= 11 is 0. The van der Waals surface area contributed by atoms with Gasteiger partial charge in [-0.15, -0.1) is 0 Å². The minimum absolute atomic E-state index is 0.0518. The smallest absolute Gasteiger partial charge is 0.188 e. The van der Waals surface area contributed by atoms with Crippen LogP contribution in [-0.4, -0.2) is 35.0 Å². The van der Waals surface area contributed by atoms with Crippen molar-refractivity contribution in [2.45, 2.75) is 26.5 Å². The van der Waals surface area contributed by atoms with Gasteiger partial charge in [-0.1, -0.05) is 12.1 Å². The number of hydrogen-bond donors (Lipinski definition) is 0. The maximum atomic E-state index is 11.6. The summed E-state index contributed by atoms with van der Waals surface area (Å²) in [5.74, 6) is 0.856. The van der Waals surface area contributed by atoms with E-state index >= 15 is 0 Å². The highest BCUT2D eigenvalue weighted by molar-refractivity contribution is 5.83. The fourth-order valence-corrected chi connectivity index (χ4v) is 2.87. The second-order valence-corrected chi connectivity index (χ2v) is 6.39. The van der Waals surface area contributed by atoms with Crippen LogP contribution in [0.3, 0.4) is 0 Å². The first kappa shape index (κ1) is 19.6. The average molecular weight is 381 g/mol. The Kier molecular flexibility index (Phi) is 6.39. The largest absolute Gasteiger partial charge is 0.488 e. The molecule has 0 aliphatic carbocycles. The van der Waals surface area contributed by atoms with E-state index in [9.17, 15) is 4.79 Å². The van der Waals surface area contributed by atoms with Gasteiger partial charge in [0.1, 0.15) is 18.1 Å². The topological polar surface area (TPSA) is 75.5 Å². The molecule has 2 aromatic heterocycles. The molecule has 0 fully saturated rings. The van der Waals surface area contributed by atoms with Crippen molar-refractivity contribution >= 4 is 6.29 Å². The first-order chi connectivity index (χ1) is 13.7. The van der Waals surface area contributed by atoms with Crippen molar-refractivity contribution < 1.29 is 19.0 Å². The molecule has 7 heteroatoms. The van der Waals surface area contributed by atoms with Gasteiger partial charge in [0.05, 0.1) is 17.0 Å². The van der Waals surface area contributed by atoms with Crippen LogP contribution in [0.4, 0.5) is 0 Å². The van der Waals surface area contributed by atoms with Crippen molar-refractivity contribution in [1.29, 1.82) is 0 Å². The number of rotatable bonds is 9. The highest BCUT2D eigenvalue weighted by Gasteiger charge is 2.15. The lowest BCUT2D eigenvalue weighted by Crippen LogP contribution is -2.08. The van der Waals surface area contributed by atoms with E-state index in [-0.39, 0.29) is 19.4 Å². The molecule has 0 unspecified atom stereocenters. The number of carbonyl (C=O) groups excluding carboxylic acids is 1. The number of methoxy groups -OCH3 is 1. The van der Waals surface area contributed by atoms with Crippen LogP contribution in [-0.2, 0) is 11.3 Å². The van der Waals surface area contributed by atoms with Crippen molar-refractivity contribution in [3.05, 3.63) is 59.9 Å². The summed E-state index contributed by atoms with van der Waals surface area (Å²) < 4.78 is 18.2. The van der Waals surface area contributed by atoms with Crippen LogP contribution < -0.4 is 9.47 Å². The Morgan fingerprint density at radius 3 is 2.57 bits per heavy atom.